The third-order valence-corrected chi connectivity index (χ3v) is 2.19. The fourth-order valence-corrected chi connectivity index (χ4v) is 1.49. The van der Waals surface area contributed by atoms with Crippen molar-refractivity contribution in [1.29, 1.82) is 0 Å². The Bertz CT molecular complexity index is 173. The van der Waals surface area contributed by atoms with Crippen molar-refractivity contribution >= 4 is 5.78 Å². The lowest BCUT2D eigenvalue weighted by Crippen LogP contribution is -2.40. The summed E-state index contributed by atoms with van der Waals surface area (Å²) in [7, 11) is 0. The number of ether oxygens (including phenoxy) is 1. The molecule has 0 spiro atoms. The maximum atomic E-state index is 10.9. The topological polar surface area (TPSA) is 26.3 Å². The number of Topliss-reactive ketones (excluding diaryl/α,β-unsaturated/α-hetero) is 1. The van der Waals surface area contributed by atoms with Gasteiger partial charge in [-0.2, -0.15) is 0 Å². The normalized spacial score (nSPS) is 29.7. The van der Waals surface area contributed by atoms with Gasteiger partial charge in [0.1, 0.15) is 5.78 Å². The zero-order valence-corrected chi connectivity index (χ0v) is 8.39. The van der Waals surface area contributed by atoms with Crippen LogP contribution in [0.3, 0.4) is 0 Å². The van der Waals surface area contributed by atoms with Gasteiger partial charge in [0.2, 0.25) is 0 Å². The molecule has 2 heteroatoms. The molecule has 0 amide bonds. The smallest absolute Gasteiger partial charge is 0.133 e. The number of hydrogen-bond donors (Lipinski definition) is 0. The Morgan fingerprint density at radius 1 is 1.33 bits per heavy atom. The van der Waals surface area contributed by atoms with Crippen molar-refractivity contribution in [1.82, 2.24) is 0 Å². The lowest BCUT2D eigenvalue weighted by atomic mass is 9.79. The number of rotatable bonds is 2. The maximum absolute atomic E-state index is 10.9. The number of carbonyl (C=O) groups is 1. The van der Waals surface area contributed by atoms with Gasteiger partial charge in [-0.05, 0) is 40.5 Å². The minimum absolute atomic E-state index is 0.0631. The van der Waals surface area contributed by atoms with E-state index in [2.05, 4.69) is 0 Å². The highest BCUT2D eigenvalue weighted by atomic mass is 16.5. The van der Waals surface area contributed by atoms with Crippen molar-refractivity contribution in [3.05, 3.63) is 0 Å². The second-order valence-electron chi connectivity index (χ2n) is 4.63. The van der Waals surface area contributed by atoms with Gasteiger partial charge in [0.15, 0.2) is 0 Å². The van der Waals surface area contributed by atoms with Crippen LogP contribution in [0.15, 0.2) is 0 Å². The molecule has 2 nitrogen and oxygen atoms in total. The molecule has 1 aliphatic rings. The van der Waals surface area contributed by atoms with Gasteiger partial charge in [0, 0.05) is 5.92 Å². The van der Waals surface area contributed by atoms with Gasteiger partial charge in [0.05, 0.1) is 11.7 Å². The third kappa shape index (κ3) is 2.59. The molecular formula is C10H18O2. The van der Waals surface area contributed by atoms with Gasteiger partial charge in [0.25, 0.3) is 0 Å². The van der Waals surface area contributed by atoms with E-state index in [0.717, 1.165) is 12.8 Å². The van der Waals surface area contributed by atoms with Crippen LogP contribution in [0.4, 0.5) is 0 Å². The molecule has 0 atom stereocenters. The fourth-order valence-electron chi connectivity index (χ4n) is 1.49. The molecule has 0 radical (unpaired) electrons. The van der Waals surface area contributed by atoms with Crippen LogP contribution in [0.25, 0.3) is 0 Å². The molecule has 0 aromatic rings. The summed E-state index contributed by atoms with van der Waals surface area (Å²) in [4.78, 5) is 10.9. The monoisotopic (exact) mass is 170 g/mol. The highest BCUT2D eigenvalue weighted by Crippen LogP contribution is 2.33. The van der Waals surface area contributed by atoms with E-state index in [0.29, 0.717) is 11.9 Å². The standard InChI is InChI=1S/C10H18O2/c1-7(11)8-5-9(6-8)12-10(2,3)4/h8-9H,5-6H2,1-4H3. The molecule has 0 N–H and O–H groups in total. The molecule has 0 heterocycles. The van der Waals surface area contributed by atoms with Gasteiger partial charge >= 0.3 is 0 Å². The second-order valence-corrected chi connectivity index (χ2v) is 4.63. The molecule has 1 saturated carbocycles. The Balaban J connectivity index is 2.22. The minimum Gasteiger partial charge on any atom is -0.373 e. The van der Waals surface area contributed by atoms with Gasteiger partial charge in [-0.3, -0.25) is 4.79 Å². The fraction of sp³-hybridized carbons (Fsp3) is 0.900. The van der Waals surface area contributed by atoms with Crippen LogP contribution in [0, 0.1) is 5.92 Å². The molecule has 0 aromatic heterocycles. The minimum atomic E-state index is -0.0631. The molecule has 1 fully saturated rings. The summed E-state index contributed by atoms with van der Waals surface area (Å²) < 4.78 is 5.70. The van der Waals surface area contributed by atoms with Crippen molar-refractivity contribution in [3.63, 3.8) is 0 Å². The van der Waals surface area contributed by atoms with E-state index in [9.17, 15) is 4.79 Å². The van der Waals surface area contributed by atoms with Crippen LogP contribution in [0.1, 0.15) is 40.5 Å². The van der Waals surface area contributed by atoms with Crippen molar-refractivity contribution in [2.24, 2.45) is 5.92 Å². The summed E-state index contributed by atoms with van der Waals surface area (Å²) in [6, 6.07) is 0. The predicted octanol–water partition coefficient (Wildman–Crippen LogP) is 2.17. The van der Waals surface area contributed by atoms with Gasteiger partial charge in [-0.15, -0.1) is 0 Å². The first-order valence-electron chi connectivity index (χ1n) is 4.57. The predicted molar refractivity (Wildman–Crippen MR) is 48.0 cm³/mol. The largest absolute Gasteiger partial charge is 0.373 e. The number of carbonyl (C=O) groups excluding carboxylic acids is 1. The average molecular weight is 170 g/mol. The first-order chi connectivity index (χ1) is 5.38. The van der Waals surface area contributed by atoms with Crippen LogP contribution in [-0.2, 0) is 9.53 Å². The molecule has 1 aliphatic carbocycles. The van der Waals surface area contributed by atoms with Crippen LogP contribution >= 0.6 is 0 Å². The summed E-state index contributed by atoms with van der Waals surface area (Å²) in [5.74, 6) is 0.584. The molecule has 0 saturated heterocycles. The molecule has 1 rings (SSSR count). The molecule has 0 unspecified atom stereocenters. The quantitative estimate of drug-likeness (QED) is 0.635. The Hall–Kier alpha value is -0.370. The highest BCUT2D eigenvalue weighted by molar-refractivity contribution is 5.79. The summed E-state index contributed by atoms with van der Waals surface area (Å²) in [6.45, 7) is 7.81. The van der Waals surface area contributed by atoms with E-state index in [-0.39, 0.29) is 11.5 Å². The molecule has 0 aromatic carbocycles. The Kier molecular flexibility index (Phi) is 2.57. The van der Waals surface area contributed by atoms with E-state index in [1.165, 1.54) is 0 Å². The Labute approximate surface area is 74.3 Å². The summed E-state index contributed by atoms with van der Waals surface area (Å²) in [5.41, 5.74) is -0.0631. The summed E-state index contributed by atoms with van der Waals surface area (Å²) in [5, 5.41) is 0. The van der Waals surface area contributed by atoms with Crippen LogP contribution in [-0.4, -0.2) is 17.5 Å². The lowest BCUT2D eigenvalue weighted by molar-refractivity contribution is -0.140. The first-order valence-corrected chi connectivity index (χ1v) is 4.57. The SMILES string of the molecule is CC(=O)C1CC(OC(C)(C)C)C1. The molecule has 70 valence electrons. The maximum Gasteiger partial charge on any atom is 0.133 e. The zero-order chi connectivity index (χ0) is 9.35. The van der Waals surface area contributed by atoms with Gasteiger partial charge < -0.3 is 4.74 Å². The second kappa shape index (κ2) is 3.17. The lowest BCUT2D eigenvalue weighted by Gasteiger charge is -2.38. The van der Waals surface area contributed by atoms with E-state index < -0.39 is 0 Å². The average Bonchev–Trinajstić information content (AvgIpc) is 1.74. The zero-order valence-electron chi connectivity index (χ0n) is 8.39. The van der Waals surface area contributed by atoms with E-state index in [1.807, 2.05) is 20.8 Å². The third-order valence-electron chi connectivity index (χ3n) is 2.19. The van der Waals surface area contributed by atoms with E-state index >= 15 is 0 Å². The van der Waals surface area contributed by atoms with Crippen molar-refractivity contribution in [2.45, 2.75) is 52.2 Å². The van der Waals surface area contributed by atoms with Gasteiger partial charge in [-0.1, -0.05) is 0 Å². The van der Waals surface area contributed by atoms with Crippen LogP contribution in [0.2, 0.25) is 0 Å². The van der Waals surface area contributed by atoms with E-state index in [1.54, 1.807) is 6.92 Å². The Morgan fingerprint density at radius 2 is 1.83 bits per heavy atom. The molecule has 0 aliphatic heterocycles. The summed E-state index contributed by atoms with van der Waals surface area (Å²) in [6.07, 6.45) is 2.16. The van der Waals surface area contributed by atoms with E-state index in [4.69, 9.17) is 4.74 Å². The number of ketones is 1. The van der Waals surface area contributed by atoms with Crippen molar-refractivity contribution in [3.8, 4) is 0 Å². The summed E-state index contributed by atoms with van der Waals surface area (Å²) >= 11 is 0. The first kappa shape index (κ1) is 9.72. The van der Waals surface area contributed by atoms with Crippen LogP contribution in [0.5, 0.6) is 0 Å². The van der Waals surface area contributed by atoms with Crippen LogP contribution < -0.4 is 0 Å². The van der Waals surface area contributed by atoms with Gasteiger partial charge in [-0.25, -0.2) is 0 Å². The van der Waals surface area contributed by atoms with Crippen molar-refractivity contribution < 1.29 is 9.53 Å². The number of hydrogen-bond acceptors (Lipinski definition) is 2. The molecule has 0 bridgehead atoms. The Morgan fingerprint density at radius 3 is 2.17 bits per heavy atom. The molecule has 12 heavy (non-hydrogen) atoms. The highest BCUT2D eigenvalue weighted by Gasteiger charge is 2.35. The van der Waals surface area contributed by atoms with Crippen molar-refractivity contribution in [2.75, 3.05) is 0 Å². The molecular weight excluding hydrogens is 152 g/mol.